The van der Waals surface area contributed by atoms with Gasteiger partial charge in [0.2, 0.25) is 0 Å². The van der Waals surface area contributed by atoms with Crippen molar-refractivity contribution in [3.63, 3.8) is 0 Å². The van der Waals surface area contributed by atoms with Crippen LogP contribution >= 0.6 is 0 Å². The van der Waals surface area contributed by atoms with Crippen molar-refractivity contribution in [2.75, 3.05) is 25.1 Å². The topological polar surface area (TPSA) is 46.1 Å². The molecule has 0 atom stereocenters. The van der Waals surface area contributed by atoms with E-state index in [0.29, 0.717) is 0 Å². The summed E-state index contributed by atoms with van der Waals surface area (Å²) < 4.78 is 7.86. The molecule has 1 aliphatic rings. The van der Waals surface area contributed by atoms with E-state index in [1.54, 1.807) is 13.4 Å². The quantitative estimate of drug-likeness (QED) is 0.516. The zero-order chi connectivity index (χ0) is 19.8. The van der Waals surface area contributed by atoms with Gasteiger partial charge >= 0.3 is 0 Å². The fourth-order valence-corrected chi connectivity index (χ4v) is 4.40. The fourth-order valence-electron chi connectivity index (χ4n) is 4.40. The minimum atomic E-state index is 0.893. The molecule has 3 heterocycles. The molecule has 1 N–H and O–H groups in total. The van der Waals surface area contributed by atoms with Gasteiger partial charge in [0.25, 0.3) is 0 Å². The van der Waals surface area contributed by atoms with E-state index in [-0.39, 0.29) is 0 Å². The smallest absolute Gasteiger partial charge is 0.140 e. The highest BCUT2D eigenvalue weighted by Crippen LogP contribution is 2.36. The van der Waals surface area contributed by atoms with Gasteiger partial charge in [-0.3, -0.25) is 0 Å². The number of nitrogens with one attached hydrogen (secondary N) is 1. The normalized spacial score (nSPS) is 14.5. The van der Waals surface area contributed by atoms with Crippen LogP contribution in [0.4, 0.5) is 5.69 Å². The fraction of sp³-hybridized carbons (Fsp3) is 0.292. The first-order valence-electron chi connectivity index (χ1n) is 10.3. The zero-order valence-electron chi connectivity index (χ0n) is 17.0. The van der Waals surface area contributed by atoms with Gasteiger partial charge in [0.15, 0.2) is 0 Å². The molecule has 5 rings (SSSR count). The van der Waals surface area contributed by atoms with Gasteiger partial charge < -0.3 is 19.2 Å². The van der Waals surface area contributed by atoms with Gasteiger partial charge in [-0.15, -0.1) is 0 Å². The summed E-state index contributed by atoms with van der Waals surface area (Å²) in [6, 6.07) is 15.3. The number of methoxy groups -OCH3 is 1. The molecule has 4 aromatic rings. The van der Waals surface area contributed by atoms with E-state index < -0.39 is 0 Å². The number of anilines is 1. The zero-order valence-corrected chi connectivity index (χ0v) is 17.0. The maximum absolute atomic E-state index is 5.65. The average Bonchev–Trinajstić information content (AvgIpc) is 3.38. The van der Waals surface area contributed by atoms with Gasteiger partial charge in [0, 0.05) is 30.0 Å². The number of hydrogen-bond donors (Lipinski definition) is 1. The highest BCUT2D eigenvalue weighted by Gasteiger charge is 2.17. The van der Waals surface area contributed by atoms with Gasteiger partial charge in [-0.1, -0.05) is 12.1 Å². The summed E-state index contributed by atoms with van der Waals surface area (Å²) in [6.07, 6.45) is 7.73. The Bertz CT molecular complexity index is 1130. The Kier molecular flexibility index (Phi) is 4.51. The Balaban J connectivity index is 1.57. The Hall–Kier alpha value is -3.21. The molecule has 0 amide bonds. The highest BCUT2D eigenvalue weighted by molar-refractivity contribution is 5.79. The average molecular weight is 386 g/mol. The first-order valence-corrected chi connectivity index (χ1v) is 10.3. The number of hydrogen-bond acceptors (Lipinski definition) is 3. The Morgan fingerprint density at radius 3 is 2.48 bits per heavy atom. The summed E-state index contributed by atoms with van der Waals surface area (Å²) in [4.78, 5) is 10.0. The monoisotopic (exact) mass is 386 g/mol. The molecule has 29 heavy (non-hydrogen) atoms. The van der Waals surface area contributed by atoms with E-state index >= 15 is 0 Å². The van der Waals surface area contributed by atoms with Crippen molar-refractivity contribution < 1.29 is 4.74 Å². The lowest BCUT2D eigenvalue weighted by atomic mass is 10.1. The number of rotatable bonds is 4. The van der Waals surface area contributed by atoms with Crippen LogP contribution in [0.2, 0.25) is 0 Å². The molecule has 5 heteroatoms. The predicted octanol–water partition coefficient (Wildman–Crippen LogP) is 5.33. The van der Waals surface area contributed by atoms with Crippen molar-refractivity contribution in [1.82, 2.24) is 14.5 Å². The molecule has 5 nitrogen and oxygen atoms in total. The molecule has 0 spiro atoms. The van der Waals surface area contributed by atoms with Crippen LogP contribution < -0.4 is 9.64 Å². The maximum Gasteiger partial charge on any atom is 0.140 e. The minimum Gasteiger partial charge on any atom is -0.495 e. The van der Waals surface area contributed by atoms with Gasteiger partial charge in [0.05, 0.1) is 36.4 Å². The number of benzene rings is 2. The lowest BCUT2D eigenvalue weighted by Crippen LogP contribution is -2.29. The maximum atomic E-state index is 5.65. The van der Waals surface area contributed by atoms with Crippen LogP contribution in [0.1, 0.15) is 24.8 Å². The molecular weight excluding hydrogens is 360 g/mol. The van der Waals surface area contributed by atoms with E-state index in [4.69, 9.17) is 4.74 Å². The second-order valence-corrected chi connectivity index (χ2v) is 7.74. The molecular formula is C24H26N4O. The molecule has 0 aliphatic carbocycles. The number of piperidine rings is 1. The second kappa shape index (κ2) is 7.32. The van der Waals surface area contributed by atoms with Gasteiger partial charge in [-0.05, 0) is 62.1 Å². The molecule has 1 aliphatic heterocycles. The summed E-state index contributed by atoms with van der Waals surface area (Å²) in [5.41, 5.74) is 7.89. The second-order valence-electron chi connectivity index (χ2n) is 7.74. The first kappa shape index (κ1) is 17.9. The van der Waals surface area contributed by atoms with Crippen LogP contribution in [0.25, 0.3) is 28.0 Å². The van der Waals surface area contributed by atoms with Crippen LogP contribution in [-0.2, 0) is 0 Å². The van der Waals surface area contributed by atoms with Crippen molar-refractivity contribution in [1.29, 1.82) is 0 Å². The van der Waals surface area contributed by atoms with Crippen LogP contribution in [0.5, 0.6) is 5.75 Å². The number of aromatic nitrogens is 3. The Morgan fingerprint density at radius 2 is 1.72 bits per heavy atom. The lowest BCUT2D eigenvalue weighted by Gasteiger charge is -2.29. The summed E-state index contributed by atoms with van der Waals surface area (Å²) in [7, 11) is 1.73. The number of aromatic amines is 1. The van der Waals surface area contributed by atoms with Gasteiger partial charge in [-0.2, -0.15) is 0 Å². The molecule has 0 bridgehead atoms. The molecule has 148 valence electrons. The number of nitrogens with zero attached hydrogens (tertiary/aromatic N) is 3. The Morgan fingerprint density at radius 1 is 0.966 bits per heavy atom. The van der Waals surface area contributed by atoms with Crippen molar-refractivity contribution in [3.8, 4) is 22.7 Å². The number of fused-ring (bicyclic) bond motifs is 1. The van der Waals surface area contributed by atoms with Crippen LogP contribution in [0.3, 0.4) is 0 Å². The van der Waals surface area contributed by atoms with E-state index in [0.717, 1.165) is 46.8 Å². The molecule has 0 unspecified atom stereocenters. The third kappa shape index (κ3) is 3.16. The molecule has 2 aromatic heterocycles. The van der Waals surface area contributed by atoms with E-state index in [1.165, 1.54) is 30.5 Å². The molecule has 1 fully saturated rings. The molecule has 1 saturated heterocycles. The molecule has 0 radical (unpaired) electrons. The summed E-state index contributed by atoms with van der Waals surface area (Å²) >= 11 is 0. The highest BCUT2D eigenvalue weighted by atomic mass is 16.5. The van der Waals surface area contributed by atoms with Crippen LogP contribution in [0.15, 0.2) is 55.0 Å². The third-order valence-electron chi connectivity index (χ3n) is 5.98. The minimum absolute atomic E-state index is 0.893. The number of imidazole rings is 1. The van der Waals surface area contributed by atoms with Gasteiger partial charge in [0.1, 0.15) is 5.75 Å². The number of ether oxygens (including phenoxy) is 1. The standard InChI is InChI=1S/C24H26N4O/c1-17-23(29-2)15-28(20-10-11-21-22(14-20)26-16-25-21)24(17)18-6-8-19(9-7-18)27-12-4-3-5-13-27/h6-11,14-16H,3-5,12-13H2,1-2H3,(H,25,26). The van der Waals surface area contributed by atoms with Gasteiger partial charge in [-0.25, -0.2) is 4.98 Å². The van der Waals surface area contributed by atoms with Crippen LogP contribution in [-0.4, -0.2) is 34.7 Å². The SMILES string of the molecule is COc1cn(-c2ccc3nc[nH]c3c2)c(-c2ccc(N3CCCCC3)cc2)c1C. The van der Waals surface area contributed by atoms with E-state index in [2.05, 4.69) is 69.0 Å². The van der Waals surface area contributed by atoms with Crippen molar-refractivity contribution in [3.05, 3.63) is 60.6 Å². The summed E-state index contributed by atoms with van der Waals surface area (Å²) in [5.74, 6) is 0.893. The van der Waals surface area contributed by atoms with Crippen LogP contribution in [0, 0.1) is 6.92 Å². The van der Waals surface area contributed by atoms with E-state index in [1.807, 2.05) is 6.07 Å². The first-order chi connectivity index (χ1) is 14.2. The summed E-state index contributed by atoms with van der Waals surface area (Å²) in [5, 5.41) is 0. The summed E-state index contributed by atoms with van der Waals surface area (Å²) in [6.45, 7) is 4.44. The third-order valence-corrected chi connectivity index (χ3v) is 5.98. The van der Waals surface area contributed by atoms with Crippen molar-refractivity contribution in [2.24, 2.45) is 0 Å². The van der Waals surface area contributed by atoms with E-state index in [9.17, 15) is 0 Å². The largest absolute Gasteiger partial charge is 0.495 e. The van der Waals surface area contributed by atoms with Crippen molar-refractivity contribution in [2.45, 2.75) is 26.2 Å². The molecule has 2 aromatic carbocycles. The molecule has 0 saturated carbocycles. The Labute approximate surface area is 170 Å². The lowest BCUT2D eigenvalue weighted by molar-refractivity contribution is 0.412. The predicted molar refractivity (Wildman–Crippen MR) is 118 cm³/mol. The number of H-pyrrole nitrogens is 1. The van der Waals surface area contributed by atoms with Crippen molar-refractivity contribution >= 4 is 16.7 Å².